The fourth-order valence-corrected chi connectivity index (χ4v) is 2.67. The highest BCUT2D eigenvalue weighted by atomic mass is 32.1. The molecule has 0 aliphatic heterocycles. The highest BCUT2D eigenvalue weighted by molar-refractivity contribution is 7.80. The second-order valence-corrected chi connectivity index (χ2v) is 7.13. The molecule has 0 spiro atoms. The summed E-state index contributed by atoms with van der Waals surface area (Å²) < 4.78 is 0. The second kappa shape index (κ2) is 12.5. The van der Waals surface area contributed by atoms with Crippen molar-refractivity contribution in [3.63, 3.8) is 0 Å². The SMILES string of the molecule is CC(NC(=O)C(CCC(N)=O)NC(=O)C(N)Cc1cnc[nH]1)C(=O)NC(CS)C(=O)O. The van der Waals surface area contributed by atoms with Gasteiger partial charge in [0.25, 0.3) is 0 Å². The van der Waals surface area contributed by atoms with E-state index >= 15 is 0 Å². The summed E-state index contributed by atoms with van der Waals surface area (Å²) in [6.07, 6.45) is 2.75. The van der Waals surface area contributed by atoms with Gasteiger partial charge in [-0.1, -0.05) is 0 Å². The maximum Gasteiger partial charge on any atom is 0.327 e. The Hall–Kier alpha value is -3.13. The molecule has 4 atom stereocenters. The van der Waals surface area contributed by atoms with E-state index in [-0.39, 0.29) is 25.0 Å². The van der Waals surface area contributed by atoms with E-state index in [1.54, 1.807) is 0 Å². The Morgan fingerprint density at radius 2 is 1.77 bits per heavy atom. The summed E-state index contributed by atoms with van der Waals surface area (Å²) >= 11 is 3.84. The quantitative estimate of drug-likeness (QED) is 0.142. The van der Waals surface area contributed by atoms with Crippen molar-refractivity contribution in [2.24, 2.45) is 11.5 Å². The summed E-state index contributed by atoms with van der Waals surface area (Å²) in [7, 11) is 0. The number of H-pyrrole nitrogens is 1. The third kappa shape index (κ3) is 9.04. The minimum Gasteiger partial charge on any atom is -0.480 e. The number of hydrogen-bond acceptors (Lipinski definition) is 8. The van der Waals surface area contributed by atoms with Crippen LogP contribution in [0.3, 0.4) is 0 Å². The van der Waals surface area contributed by atoms with Gasteiger partial charge in [0.05, 0.1) is 12.4 Å². The number of imidazole rings is 1. The summed E-state index contributed by atoms with van der Waals surface area (Å²) in [5, 5.41) is 16.0. The smallest absolute Gasteiger partial charge is 0.327 e. The number of rotatable bonds is 13. The van der Waals surface area contributed by atoms with Crippen molar-refractivity contribution in [1.82, 2.24) is 25.9 Å². The Labute approximate surface area is 183 Å². The lowest BCUT2D eigenvalue weighted by Gasteiger charge is -2.23. The standard InChI is InChI=1S/C17H27N7O6S/c1-8(14(26)24-12(6-31)17(29)30)22-16(28)11(2-3-13(19)25)23-15(27)10(18)4-9-5-20-7-21-9/h5,7-8,10-12,31H,2-4,6,18H2,1H3,(H2,19,25)(H,20,21)(H,22,28)(H,23,27)(H,24,26)(H,29,30). The molecule has 0 bridgehead atoms. The first-order valence-electron chi connectivity index (χ1n) is 9.31. The third-order valence-electron chi connectivity index (χ3n) is 4.19. The number of nitrogens with zero attached hydrogens (tertiary/aromatic N) is 1. The molecule has 0 radical (unpaired) electrons. The summed E-state index contributed by atoms with van der Waals surface area (Å²) in [5.74, 6) is -4.28. The van der Waals surface area contributed by atoms with E-state index < -0.39 is 53.8 Å². The molecule has 14 heteroatoms. The summed E-state index contributed by atoms with van der Waals surface area (Å²) in [5.41, 5.74) is 11.6. The van der Waals surface area contributed by atoms with Crippen LogP contribution in [0.4, 0.5) is 0 Å². The number of carbonyl (C=O) groups is 5. The van der Waals surface area contributed by atoms with Crippen LogP contribution in [-0.2, 0) is 30.4 Å². The van der Waals surface area contributed by atoms with E-state index in [0.717, 1.165) is 0 Å². The van der Waals surface area contributed by atoms with E-state index in [2.05, 4.69) is 38.5 Å². The molecule has 4 unspecified atom stereocenters. The number of primary amides is 1. The number of aliphatic carboxylic acids is 1. The number of aromatic nitrogens is 2. The van der Waals surface area contributed by atoms with Gasteiger partial charge in [-0.15, -0.1) is 0 Å². The van der Waals surface area contributed by atoms with Crippen LogP contribution in [0.15, 0.2) is 12.5 Å². The largest absolute Gasteiger partial charge is 0.480 e. The van der Waals surface area contributed by atoms with Crippen LogP contribution in [0.1, 0.15) is 25.5 Å². The van der Waals surface area contributed by atoms with Gasteiger partial charge in [-0.2, -0.15) is 12.6 Å². The molecule has 9 N–H and O–H groups in total. The van der Waals surface area contributed by atoms with Gasteiger partial charge in [0.1, 0.15) is 18.1 Å². The molecule has 31 heavy (non-hydrogen) atoms. The molecule has 0 saturated carbocycles. The van der Waals surface area contributed by atoms with E-state index in [4.69, 9.17) is 16.6 Å². The van der Waals surface area contributed by atoms with Gasteiger partial charge in [-0.05, 0) is 13.3 Å². The van der Waals surface area contributed by atoms with Crippen LogP contribution >= 0.6 is 12.6 Å². The van der Waals surface area contributed by atoms with Crippen molar-refractivity contribution in [3.05, 3.63) is 18.2 Å². The van der Waals surface area contributed by atoms with Gasteiger partial charge in [0, 0.05) is 30.5 Å². The van der Waals surface area contributed by atoms with Gasteiger partial charge in [0.2, 0.25) is 23.6 Å². The number of carbonyl (C=O) groups excluding carboxylic acids is 4. The zero-order chi connectivity index (χ0) is 23.6. The molecule has 0 aliphatic carbocycles. The van der Waals surface area contributed by atoms with E-state index in [9.17, 15) is 24.0 Å². The molecule has 0 saturated heterocycles. The zero-order valence-electron chi connectivity index (χ0n) is 16.8. The lowest BCUT2D eigenvalue weighted by atomic mass is 10.1. The molecule has 172 valence electrons. The number of carboxylic acids is 1. The normalized spacial score (nSPS) is 14.5. The van der Waals surface area contributed by atoms with Crippen LogP contribution < -0.4 is 27.4 Å². The Morgan fingerprint density at radius 3 is 2.29 bits per heavy atom. The number of nitrogens with one attached hydrogen (secondary N) is 4. The second-order valence-electron chi connectivity index (χ2n) is 6.77. The molecule has 13 nitrogen and oxygen atoms in total. The summed E-state index contributed by atoms with van der Waals surface area (Å²) in [6.45, 7) is 1.33. The van der Waals surface area contributed by atoms with Gasteiger partial charge in [0.15, 0.2) is 0 Å². The third-order valence-corrected chi connectivity index (χ3v) is 4.56. The maximum atomic E-state index is 12.6. The molecule has 0 aliphatic rings. The lowest BCUT2D eigenvalue weighted by Crippen LogP contribution is -2.56. The highest BCUT2D eigenvalue weighted by Crippen LogP contribution is 2.02. The zero-order valence-corrected chi connectivity index (χ0v) is 17.7. The molecule has 0 aromatic carbocycles. The molecule has 0 fully saturated rings. The average Bonchev–Trinajstić information content (AvgIpc) is 3.21. The van der Waals surface area contributed by atoms with Gasteiger partial charge in [-0.3, -0.25) is 19.2 Å². The first kappa shape index (κ1) is 25.9. The number of thiol groups is 1. The van der Waals surface area contributed by atoms with Crippen molar-refractivity contribution in [3.8, 4) is 0 Å². The molecular formula is C17H27N7O6S. The van der Waals surface area contributed by atoms with E-state index in [1.165, 1.54) is 19.4 Å². The Morgan fingerprint density at radius 1 is 1.13 bits per heavy atom. The number of hydrogen-bond donors (Lipinski definition) is 8. The number of aromatic amines is 1. The minimum absolute atomic E-state index is 0.119. The topological polar surface area (TPSA) is 222 Å². The van der Waals surface area contributed by atoms with Crippen LogP contribution in [0.25, 0.3) is 0 Å². The predicted octanol–water partition coefficient (Wildman–Crippen LogP) is -2.97. The van der Waals surface area contributed by atoms with Crippen LogP contribution in [0, 0.1) is 0 Å². The van der Waals surface area contributed by atoms with Crippen molar-refractivity contribution in [2.45, 2.75) is 50.4 Å². The van der Waals surface area contributed by atoms with Crippen LogP contribution in [0.2, 0.25) is 0 Å². The molecule has 1 aromatic rings. The first-order valence-corrected chi connectivity index (χ1v) is 9.94. The highest BCUT2D eigenvalue weighted by Gasteiger charge is 2.28. The van der Waals surface area contributed by atoms with E-state index in [1.807, 2.05) is 0 Å². The number of carboxylic acid groups (broad SMARTS) is 1. The van der Waals surface area contributed by atoms with Crippen molar-refractivity contribution >= 4 is 42.2 Å². The first-order chi connectivity index (χ1) is 14.5. The lowest BCUT2D eigenvalue weighted by molar-refractivity contribution is -0.141. The molecule has 1 heterocycles. The van der Waals surface area contributed by atoms with Crippen molar-refractivity contribution in [1.29, 1.82) is 0 Å². The number of amides is 4. The molecule has 1 aromatic heterocycles. The average molecular weight is 458 g/mol. The molecule has 4 amide bonds. The monoisotopic (exact) mass is 457 g/mol. The van der Waals surface area contributed by atoms with Gasteiger partial charge >= 0.3 is 5.97 Å². The summed E-state index contributed by atoms with van der Waals surface area (Å²) in [6, 6.07) is -4.55. The Kier molecular flexibility index (Phi) is 10.5. The van der Waals surface area contributed by atoms with Gasteiger partial charge < -0.3 is 37.5 Å². The predicted molar refractivity (Wildman–Crippen MR) is 112 cm³/mol. The summed E-state index contributed by atoms with van der Waals surface area (Å²) in [4.78, 5) is 65.9. The Bertz CT molecular complexity index is 788. The minimum atomic E-state index is -1.28. The Balaban J connectivity index is 2.75. The molecule has 1 rings (SSSR count). The maximum absolute atomic E-state index is 12.6. The fourth-order valence-electron chi connectivity index (χ4n) is 2.42. The van der Waals surface area contributed by atoms with Gasteiger partial charge in [-0.25, -0.2) is 9.78 Å². The van der Waals surface area contributed by atoms with Crippen LogP contribution in [0.5, 0.6) is 0 Å². The van der Waals surface area contributed by atoms with Crippen molar-refractivity contribution in [2.75, 3.05) is 5.75 Å². The number of nitrogens with two attached hydrogens (primary N) is 2. The van der Waals surface area contributed by atoms with E-state index in [0.29, 0.717) is 5.69 Å². The van der Waals surface area contributed by atoms with Crippen LogP contribution in [-0.4, -0.2) is 74.6 Å². The molecular weight excluding hydrogens is 430 g/mol. The van der Waals surface area contributed by atoms with Crippen molar-refractivity contribution < 1.29 is 29.1 Å². The fraction of sp³-hybridized carbons (Fsp3) is 0.529.